The van der Waals surface area contributed by atoms with Crippen molar-refractivity contribution in [3.8, 4) is 0 Å². The zero-order valence-corrected chi connectivity index (χ0v) is 13.8. The molecule has 2 aromatic heterocycles. The second kappa shape index (κ2) is 6.53. The summed E-state index contributed by atoms with van der Waals surface area (Å²) < 4.78 is 2.74. The molecular formula is C13H19BrClN3. The van der Waals surface area contributed by atoms with Crippen molar-refractivity contribution in [3.05, 3.63) is 21.5 Å². The van der Waals surface area contributed by atoms with E-state index in [1.807, 2.05) is 20.8 Å². The summed E-state index contributed by atoms with van der Waals surface area (Å²) in [5.74, 6) is 0. The Morgan fingerprint density at radius 2 is 2.00 bits per heavy atom. The van der Waals surface area contributed by atoms with Gasteiger partial charge in [-0.15, -0.1) is 0 Å². The average molecular weight is 333 g/mol. The summed E-state index contributed by atoms with van der Waals surface area (Å²) in [5, 5.41) is 0.412. The molecular weight excluding hydrogens is 314 g/mol. The molecule has 0 radical (unpaired) electrons. The summed E-state index contributed by atoms with van der Waals surface area (Å²) in [6.07, 6.45) is 3.14. The van der Waals surface area contributed by atoms with Crippen LogP contribution in [0.5, 0.6) is 0 Å². The SMILES string of the molecule is CC.CCC(C)n1cc(C)c2nc(Br)c(Cl)nc21. The third-order valence-corrected chi connectivity index (χ3v) is 3.86. The summed E-state index contributed by atoms with van der Waals surface area (Å²) in [6, 6.07) is 0.405. The van der Waals surface area contributed by atoms with Crippen LogP contribution in [-0.4, -0.2) is 14.5 Å². The van der Waals surface area contributed by atoms with E-state index in [-0.39, 0.29) is 0 Å². The van der Waals surface area contributed by atoms with Crippen molar-refractivity contribution in [2.75, 3.05) is 0 Å². The van der Waals surface area contributed by atoms with Gasteiger partial charge in [0.25, 0.3) is 0 Å². The van der Waals surface area contributed by atoms with Crippen LogP contribution in [-0.2, 0) is 0 Å². The fraction of sp³-hybridized carbons (Fsp3) is 0.538. The van der Waals surface area contributed by atoms with Crippen LogP contribution < -0.4 is 0 Å². The first-order chi connectivity index (χ1) is 8.54. The molecule has 0 fully saturated rings. The van der Waals surface area contributed by atoms with Gasteiger partial charge in [0.05, 0.1) is 0 Å². The van der Waals surface area contributed by atoms with Gasteiger partial charge in [0.2, 0.25) is 0 Å². The number of fused-ring (bicyclic) bond motifs is 1. The first-order valence-electron chi connectivity index (χ1n) is 6.24. The van der Waals surface area contributed by atoms with Gasteiger partial charge in [0, 0.05) is 12.2 Å². The normalized spacial score (nSPS) is 12.2. The molecule has 2 aromatic rings. The van der Waals surface area contributed by atoms with Crippen LogP contribution in [0.2, 0.25) is 5.15 Å². The van der Waals surface area contributed by atoms with E-state index in [2.05, 4.69) is 50.5 Å². The van der Waals surface area contributed by atoms with Crippen LogP contribution >= 0.6 is 27.5 Å². The molecule has 2 heterocycles. The standard InChI is InChI=1S/C11H13BrClN3.C2H6/c1-4-7(3)16-5-6(2)8-11(16)15-10(13)9(12)14-8;1-2/h5,7H,4H2,1-3H3;1-2H3. The molecule has 0 aliphatic carbocycles. The quantitative estimate of drug-likeness (QED) is 0.761. The molecule has 0 aromatic carbocycles. The number of aromatic nitrogens is 3. The molecule has 0 spiro atoms. The highest BCUT2D eigenvalue weighted by Gasteiger charge is 2.14. The molecule has 0 saturated heterocycles. The van der Waals surface area contributed by atoms with Gasteiger partial charge >= 0.3 is 0 Å². The third-order valence-electron chi connectivity index (χ3n) is 2.81. The number of hydrogen-bond acceptors (Lipinski definition) is 2. The van der Waals surface area contributed by atoms with Gasteiger partial charge < -0.3 is 4.57 Å². The molecule has 5 heteroatoms. The lowest BCUT2D eigenvalue weighted by molar-refractivity contribution is 0.544. The molecule has 0 saturated carbocycles. The van der Waals surface area contributed by atoms with E-state index in [4.69, 9.17) is 11.6 Å². The Morgan fingerprint density at radius 3 is 2.56 bits per heavy atom. The van der Waals surface area contributed by atoms with Gasteiger partial charge in [0.15, 0.2) is 10.8 Å². The maximum absolute atomic E-state index is 5.98. The van der Waals surface area contributed by atoms with Crippen LogP contribution in [0.25, 0.3) is 11.2 Å². The van der Waals surface area contributed by atoms with Crippen LogP contribution in [0.1, 0.15) is 45.7 Å². The van der Waals surface area contributed by atoms with Crippen molar-refractivity contribution in [2.45, 2.75) is 47.1 Å². The first kappa shape index (κ1) is 15.4. The Labute approximate surface area is 122 Å². The minimum absolute atomic E-state index is 0.405. The molecule has 3 nitrogen and oxygen atoms in total. The van der Waals surface area contributed by atoms with Gasteiger partial charge in [-0.3, -0.25) is 0 Å². The Balaban J connectivity index is 0.000000771. The summed E-state index contributed by atoms with van der Waals surface area (Å²) in [6.45, 7) is 10.4. The highest BCUT2D eigenvalue weighted by atomic mass is 79.9. The third kappa shape index (κ3) is 2.86. The molecule has 2 rings (SSSR count). The zero-order chi connectivity index (χ0) is 13.9. The van der Waals surface area contributed by atoms with Gasteiger partial charge in [-0.2, -0.15) is 0 Å². The van der Waals surface area contributed by atoms with Gasteiger partial charge in [-0.1, -0.05) is 32.4 Å². The average Bonchev–Trinajstić information content (AvgIpc) is 2.69. The Bertz CT molecular complexity index is 537. The van der Waals surface area contributed by atoms with Gasteiger partial charge in [-0.25, -0.2) is 9.97 Å². The topological polar surface area (TPSA) is 30.7 Å². The molecule has 0 N–H and O–H groups in total. The predicted octanol–water partition coefficient (Wildman–Crippen LogP) is 5.15. The Kier molecular flexibility index (Phi) is 5.60. The van der Waals surface area contributed by atoms with Crippen LogP contribution in [0.15, 0.2) is 10.8 Å². The Hall–Kier alpha value is -0.610. The molecule has 0 aliphatic heterocycles. The highest BCUT2D eigenvalue weighted by molar-refractivity contribution is 9.10. The molecule has 0 bridgehead atoms. The van der Waals surface area contributed by atoms with E-state index in [0.29, 0.717) is 15.8 Å². The van der Waals surface area contributed by atoms with Crippen LogP contribution in [0.4, 0.5) is 0 Å². The molecule has 100 valence electrons. The number of aryl methyl sites for hydroxylation is 1. The van der Waals surface area contributed by atoms with E-state index >= 15 is 0 Å². The maximum atomic E-state index is 5.98. The summed E-state index contributed by atoms with van der Waals surface area (Å²) in [4.78, 5) is 8.80. The lowest BCUT2D eigenvalue weighted by atomic mass is 10.2. The van der Waals surface area contributed by atoms with Gasteiger partial charge in [-0.05, 0) is 41.8 Å². The first-order valence-corrected chi connectivity index (χ1v) is 7.41. The van der Waals surface area contributed by atoms with E-state index in [1.54, 1.807) is 0 Å². The second-order valence-corrected chi connectivity index (χ2v) is 5.06. The highest BCUT2D eigenvalue weighted by Crippen LogP contribution is 2.27. The fourth-order valence-electron chi connectivity index (χ4n) is 1.69. The van der Waals surface area contributed by atoms with Crippen molar-refractivity contribution < 1.29 is 0 Å². The molecule has 1 unspecified atom stereocenters. The molecule has 1 atom stereocenters. The minimum atomic E-state index is 0.405. The van der Waals surface area contributed by atoms with E-state index in [1.165, 1.54) is 0 Å². The van der Waals surface area contributed by atoms with Crippen molar-refractivity contribution in [2.24, 2.45) is 0 Å². The smallest absolute Gasteiger partial charge is 0.164 e. The lowest BCUT2D eigenvalue weighted by Crippen LogP contribution is -2.03. The van der Waals surface area contributed by atoms with E-state index < -0.39 is 0 Å². The molecule has 0 amide bonds. The summed E-state index contributed by atoms with van der Waals surface area (Å²) in [5.41, 5.74) is 2.90. The van der Waals surface area contributed by atoms with Gasteiger partial charge in [0.1, 0.15) is 10.1 Å². The van der Waals surface area contributed by atoms with Crippen molar-refractivity contribution in [1.29, 1.82) is 0 Å². The van der Waals surface area contributed by atoms with Crippen molar-refractivity contribution >= 4 is 38.7 Å². The zero-order valence-electron chi connectivity index (χ0n) is 11.5. The summed E-state index contributed by atoms with van der Waals surface area (Å²) in [7, 11) is 0. The van der Waals surface area contributed by atoms with Crippen LogP contribution in [0.3, 0.4) is 0 Å². The summed E-state index contributed by atoms with van der Waals surface area (Å²) >= 11 is 9.28. The molecule has 18 heavy (non-hydrogen) atoms. The number of hydrogen-bond donors (Lipinski definition) is 0. The predicted molar refractivity (Wildman–Crippen MR) is 81.3 cm³/mol. The maximum Gasteiger partial charge on any atom is 0.164 e. The van der Waals surface area contributed by atoms with Crippen LogP contribution in [0, 0.1) is 6.92 Å². The minimum Gasteiger partial charge on any atom is -0.328 e. The van der Waals surface area contributed by atoms with E-state index in [9.17, 15) is 0 Å². The number of halogens is 2. The fourth-order valence-corrected chi connectivity index (χ4v) is 2.08. The molecule has 0 aliphatic rings. The number of nitrogens with zero attached hydrogens (tertiary/aromatic N) is 3. The van der Waals surface area contributed by atoms with Crippen molar-refractivity contribution in [1.82, 2.24) is 14.5 Å². The number of rotatable bonds is 2. The largest absolute Gasteiger partial charge is 0.328 e. The monoisotopic (exact) mass is 331 g/mol. The Morgan fingerprint density at radius 1 is 1.39 bits per heavy atom. The second-order valence-electron chi connectivity index (χ2n) is 3.95. The van der Waals surface area contributed by atoms with E-state index in [0.717, 1.165) is 23.1 Å². The lowest BCUT2D eigenvalue weighted by Gasteiger charge is -2.11. The van der Waals surface area contributed by atoms with Crippen molar-refractivity contribution in [3.63, 3.8) is 0 Å².